The standard InChI is InChI=1S/C13H21N3OS/c1-4-16-7-5-11(6-8-16)15(3)13-14-10(2)12(9-17)18-13/h9,11H,4-8H2,1-3H3. The number of likely N-dealkylation sites (tertiary alicyclic amines) is 1. The Bertz CT molecular complexity index is 410. The molecule has 1 aromatic heterocycles. The average molecular weight is 267 g/mol. The van der Waals surface area contributed by atoms with Crippen molar-refractivity contribution in [2.75, 3.05) is 31.6 Å². The van der Waals surface area contributed by atoms with Gasteiger partial charge >= 0.3 is 0 Å². The van der Waals surface area contributed by atoms with E-state index < -0.39 is 0 Å². The Labute approximate surface area is 113 Å². The quantitative estimate of drug-likeness (QED) is 0.784. The second kappa shape index (κ2) is 5.80. The summed E-state index contributed by atoms with van der Waals surface area (Å²) < 4.78 is 0. The van der Waals surface area contributed by atoms with Gasteiger partial charge in [0, 0.05) is 26.2 Å². The minimum atomic E-state index is 0.554. The maximum atomic E-state index is 10.9. The normalized spacial score (nSPS) is 17.9. The summed E-state index contributed by atoms with van der Waals surface area (Å²) in [7, 11) is 2.10. The molecule has 0 bridgehead atoms. The maximum Gasteiger partial charge on any atom is 0.186 e. The van der Waals surface area contributed by atoms with Crippen molar-refractivity contribution in [2.24, 2.45) is 0 Å². The Morgan fingerprint density at radius 1 is 1.50 bits per heavy atom. The van der Waals surface area contributed by atoms with Crippen LogP contribution in [0.2, 0.25) is 0 Å². The molecule has 0 atom stereocenters. The lowest BCUT2D eigenvalue weighted by Crippen LogP contribution is -2.43. The minimum Gasteiger partial charge on any atom is -0.348 e. The smallest absolute Gasteiger partial charge is 0.186 e. The van der Waals surface area contributed by atoms with E-state index in [-0.39, 0.29) is 0 Å². The number of aryl methyl sites for hydroxylation is 1. The number of piperidine rings is 1. The van der Waals surface area contributed by atoms with Gasteiger partial charge in [-0.25, -0.2) is 4.98 Å². The van der Waals surface area contributed by atoms with E-state index in [1.165, 1.54) is 24.2 Å². The van der Waals surface area contributed by atoms with Gasteiger partial charge in [-0.2, -0.15) is 0 Å². The van der Waals surface area contributed by atoms with E-state index in [1.807, 2.05) is 6.92 Å². The largest absolute Gasteiger partial charge is 0.348 e. The first-order valence-electron chi connectivity index (χ1n) is 6.53. The lowest BCUT2D eigenvalue weighted by molar-refractivity contribution is 0.112. The highest BCUT2D eigenvalue weighted by Crippen LogP contribution is 2.28. The first kappa shape index (κ1) is 13.5. The first-order chi connectivity index (χ1) is 8.65. The van der Waals surface area contributed by atoms with Crippen LogP contribution < -0.4 is 4.90 Å². The molecule has 0 spiro atoms. The molecule has 100 valence electrons. The van der Waals surface area contributed by atoms with E-state index in [0.717, 1.165) is 41.6 Å². The summed E-state index contributed by atoms with van der Waals surface area (Å²) in [6, 6.07) is 0.554. The number of hydrogen-bond donors (Lipinski definition) is 0. The number of hydrogen-bond acceptors (Lipinski definition) is 5. The van der Waals surface area contributed by atoms with Crippen LogP contribution in [0, 0.1) is 6.92 Å². The SMILES string of the molecule is CCN1CCC(N(C)c2nc(C)c(C=O)s2)CC1. The summed E-state index contributed by atoms with van der Waals surface area (Å²) in [6.45, 7) is 7.58. The summed E-state index contributed by atoms with van der Waals surface area (Å²) >= 11 is 1.50. The highest BCUT2D eigenvalue weighted by atomic mass is 32.1. The summed E-state index contributed by atoms with van der Waals surface area (Å²) in [5.74, 6) is 0. The Morgan fingerprint density at radius 3 is 2.67 bits per heavy atom. The topological polar surface area (TPSA) is 36.4 Å². The Balaban J connectivity index is 2.02. The molecule has 1 saturated heterocycles. The summed E-state index contributed by atoms with van der Waals surface area (Å²) in [6.07, 6.45) is 3.27. The van der Waals surface area contributed by atoms with Gasteiger partial charge in [0.25, 0.3) is 0 Å². The van der Waals surface area contributed by atoms with Gasteiger partial charge in [0.15, 0.2) is 11.4 Å². The molecule has 0 unspecified atom stereocenters. The molecule has 1 aromatic rings. The molecule has 1 fully saturated rings. The molecule has 1 aliphatic rings. The monoisotopic (exact) mass is 267 g/mol. The molecule has 18 heavy (non-hydrogen) atoms. The number of nitrogens with zero attached hydrogens (tertiary/aromatic N) is 3. The van der Waals surface area contributed by atoms with E-state index in [2.05, 4.69) is 28.8 Å². The van der Waals surface area contributed by atoms with Crippen molar-refractivity contribution in [3.05, 3.63) is 10.6 Å². The third kappa shape index (κ3) is 2.72. The molecule has 0 radical (unpaired) electrons. The molecule has 1 aliphatic heterocycles. The molecule has 5 heteroatoms. The molecule has 0 N–H and O–H groups in total. The summed E-state index contributed by atoms with van der Waals surface area (Å²) in [5.41, 5.74) is 0.850. The minimum absolute atomic E-state index is 0.554. The Kier molecular flexibility index (Phi) is 4.35. The van der Waals surface area contributed by atoms with E-state index in [1.54, 1.807) is 0 Å². The zero-order valence-corrected chi connectivity index (χ0v) is 12.2. The summed E-state index contributed by atoms with van der Waals surface area (Å²) in [4.78, 5) is 20.8. The van der Waals surface area contributed by atoms with Gasteiger partial charge in [-0.05, 0) is 26.3 Å². The number of rotatable bonds is 4. The Hall–Kier alpha value is -0.940. The van der Waals surface area contributed by atoms with E-state index in [9.17, 15) is 4.79 Å². The lowest BCUT2D eigenvalue weighted by Gasteiger charge is -2.36. The van der Waals surface area contributed by atoms with Crippen molar-refractivity contribution in [2.45, 2.75) is 32.7 Å². The van der Waals surface area contributed by atoms with Crippen LogP contribution in [0.25, 0.3) is 0 Å². The van der Waals surface area contributed by atoms with Crippen LogP contribution in [0.4, 0.5) is 5.13 Å². The molecule has 0 aliphatic carbocycles. The third-order valence-corrected chi connectivity index (χ3v) is 4.96. The lowest BCUT2D eigenvalue weighted by atomic mass is 10.0. The fourth-order valence-electron chi connectivity index (χ4n) is 2.43. The van der Waals surface area contributed by atoms with Crippen molar-refractivity contribution < 1.29 is 4.79 Å². The van der Waals surface area contributed by atoms with Gasteiger partial charge in [0.05, 0.1) is 10.6 Å². The first-order valence-corrected chi connectivity index (χ1v) is 7.35. The molecule has 0 aromatic carbocycles. The molecule has 0 amide bonds. The zero-order valence-electron chi connectivity index (χ0n) is 11.3. The fraction of sp³-hybridized carbons (Fsp3) is 0.692. The van der Waals surface area contributed by atoms with Crippen LogP contribution in [0.15, 0.2) is 0 Å². The van der Waals surface area contributed by atoms with Gasteiger partial charge in [-0.3, -0.25) is 4.79 Å². The zero-order chi connectivity index (χ0) is 13.1. The van der Waals surface area contributed by atoms with Crippen molar-refractivity contribution in [1.82, 2.24) is 9.88 Å². The number of anilines is 1. The maximum absolute atomic E-state index is 10.9. The van der Waals surface area contributed by atoms with Gasteiger partial charge in [-0.15, -0.1) is 0 Å². The van der Waals surface area contributed by atoms with Gasteiger partial charge in [-0.1, -0.05) is 18.3 Å². The number of aromatic nitrogens is 1. The van der Waals surface area contributed by atoms with E-state index in [0.29, 0.717) is 6.04 Å². The molecule has 0 saturated carbocycles. The van der Waals surface area contributed by atoms with Gasteiger partial charge in [0.1, 0.15) is 0 Å². The van der Waals surface area contributed by atoms with E-state index >= 15 is 0 Å². The number of aldehydes is 1. The number of carbonyl (C=O) groups is 1. The van der Waals surface area contributed by atoms with Crippen molar-refractivity contribution >= 4 is 22.8 Å². The fourth-order valence-corrected chi connectivity index (χ4v) is 3.35. The highest BCUT2D eigenvalue weighted by Gasteiger charge is 2.23. The predicted octanol–water partition coefficient (Wildman–Crippen LogP) is 2.18. The third-order valence-electron chi connectivity index (χ3n) is 3.78. The van der Waals surface area contributed by atoms with Crippen LogP contribution >= 0.6 is 11.3 Å². The molecular formula is C13H21N3OS. The molecular weight excluding hydrogens is 246 g/mol. The van der Waals surface area contributed by atoms with Crippen LogP contribution in [0.1, 0.15) is 35.1 Å². The van der Waals surface area contributed by atoms with Crippen molar-refractivity contribution in [1.29, 1.82) is 0 Å². The van der Waals surface area contributed by atoms with Gasteiger partial charge in [0.2, 0.25) is 0 Å². The second-order valence-corrected chi connectivity index (χ2v) is 5.85. The summed E-state index contributed by atoms with van der Waals surface area (Å²) in [5, 5.41) is 0.976. The van der Waals surface area contributed by atoms with Crippen LogP contribution in [-0.2, 0) is 0 Å². The van der Waals surface area contributed by atoms with Crippen LogP contribution in [0.5, 0.6) is 0 Å². The van der Waals surface area contributed by atoms with Crippen molar-refractivity contribution in [3.8, 4) is 0 Å². The number of thiazole rings is 1. The van der Waals surface area contributed by atoms with Crippen LogP contribution in [0.3, 0.4) is 0 Å². The average Bonchev–Trinajstić information content (AvgIpc) is 2.79. The van der Waals surface area contributed by atoms with E-state index in [4.69, 9.17) is 0 Å². The molecule has 2 rings (SSSR count). The van der Waals surface area contributed by atoms with Crippen LogP contribution in [-0.4, -0.2) is 48.9 Å². The predicted molar refractivity (Wildman–Crippen MR) is 75.8 cm³/mol. The Morgan fingerprint density at radius 2 is 2.17 bits per heavy atom. The second-order valence-electron chi connectivity index (χ2n) is 4.84. The highest BCUT2D eigenvalue weighted by molar-refractivity contribution is 7.17. The van der Waals surface area contributed by atoms with Crippen molar-refractivity contribution in [3.63, 3.8) is 0 Å². The van der Waals surface area contributed by atoms with Gasteiger partial charge < -0.3 is 9.80 Å². The number of carbonyl (C=O) groups excluding carboxylic acids is 1. The molecule has 4 nitrogen and oxygen atoms in total. The molecule has 2 heterocycles.